The minimum atomic E-state index is -3.03. The molecule has 6 heteroatoms. The summed E-state index contributed by atoms with van der Waals surface area (Å²) in [6.45, 7) is -0.211. The monoisotopic (exact) mass is 1210 g/mol. The van der Waals surface area contributed by atoms with Crippen LogP contribution in [0.15, 0.2) is 182 Å². The molecule has 0 amide bonds. The van der Waals surface area contributed by atoms with Crippen molar-refractivity contribution in [3.05, 3.63) is 234 Å². The molecule has 0 bridgehead atoms. The van der Waals surface area contributed by atoms with Gasteiger partial charge in [-0.05, 0) is 163 Å². The van der Waals surface area contributed by atoms with Crippen LogP contribution in [0.5, 0.6) is 11.5 Å². The van der Waals surface area contributed by atoms with Crippen LogP contribution in [0, 0.1) is 45.9 Å². The Balaban J connectivity index is 0.00000914. The Bertz CT molecular complexity index is 5270. The van der Waals surface area contributed by atoms with Gasteiger partial charge in [0.05, 0.1) is 27.7 Å². The Kier molecular flexibility index (Phi) is 7.98. The summed E-state index contributed by atoms with van der Waals surface area (Å²) in [5.74, 6) is 1.00. The molecule has 0 radical (unpaired) electrons. The predicted molar refractivity (Wildman–Crippen MR) is 317 cm³/mol. The number of benzene rings is 9. The molecule has 0 aliphatic carbocycles. The van der Waals surface area contributed by atoms with Crippen molar-refractivity contribution < 1.29 is 57.8 Å². The molecular weight excluding hydrogens is 1130 g/mol. The Labute approximate surface area is 500 Å². The largest absolute Gasteiger partial charge is 0.510 e. The number of fused-ring (bicyclic) bond motifs is 10. The topological polar surface area (TPSA) is 35.9 Å². The average Bonchev–Trinajstić information content (AvgIpc) is 1.46. The maximum atomic E-state index is 10.1. The summed E-state index contributed by atoms with van der Waals surface area (Å²) in [6.07, 6.45) is 5.21. The van der Waals surface area contributed by atoms with Gasteiger partial charge in [-0.2, -0.15) is 18.2 Å². The Morgan fingerprint density at radius 3 is 1.81 bits per heavy atom. The molecule has 0 atom stereocenters. The van der Waals surface area contributed by atoms with Gasteiger partial charge in [-0.1, -0.05) is 168 Å². The first kappa shape index (κ1) is 32.6. The van der Waals surface area contributed by atoms with Crippen LogP contribution in [0.2, 0.25) is 0 Å². The number of pyridine rings is 1. The number of ether oxygens (including phenoxy) is 1. The molecular formula is C72H60N4OPt-2. The fraction of sp³-hybridized carbons (Fsp3) is 0.167. The van der Waals surface area contributed by atoms with Gasteiger partial charge >= 0.3 is 0 Å². The van der Waals surface area contributed by atoms with Crippen LogP contribution in [0.25, 0.3) is 106 Å². The molecule has 5 nitrogen and oxygen atoms in total. The fourth-order valence-electron chi connectivity index (χ4n) is 10.6. The number of aryl methyl sites for hydroxylation is 4. The van der Waals surface area contributed by atoms with E-state index < -0.39 is 115 Å². The van der Waals surface area contributed by atoms with Gasteiger partial charge < -0.3 is 13.9 Å². The maximum absolute atomic E-state index is 10.1. The first-order valence-electron chi connectivity index (χ1n) is 35.1. The predicted octanol–water partition coefficient (Wildman–Crippen LogP) is 18.1. The SMILES string of the molecule is [2H]c1c([2H])c([2H])c2c(c1[2H])-c1cc(C(C)(C)C)cc(-c3c(C([2H])([2H])[2H])cccc3C([2H])([2H])[2H])c1-[n+]1[c-]n(-c3[c-]c(Oc4[c-]c5c(cc4)c4ccccc4n5-c4cc(C(C)(C)C)ccn4)ccc3)c3cc(-c4c(C([2H])([2H])[2H])cccc4C([2H])([2H])[2H])cc(c31)-c1c([2H])c([2H])c([2H])c([2H])c1-2.[Pt]. The van der Waals surface area contributed by atoms with Crippen molar-refractivity contribution in [2.75, 3.05) is 0 Å². The minimum absolute atomic E-state index is 0. The first-order chi connectivity index (χ1) is 45.3. The molecule has 78 heavy (non-hydrogen) atoms. The summed E-state index contributed by atoms with van der Waals surface area (Å²) in [6, 6.07) is 35.0. The van der Waals surface area contributed by atoms with E-state index in [1.54, 1.807) is 42.6 Å². The van der Waals surface area contributed by atoms with Crippen LogP contribution in [0.4, 0.5) is 0 Å². The molecule has 0 unspecified atom stereocenters. The van der Waals surface area contributed by atoms with Gasteiger partial charge in [0.2, 0.25) is 0 Å². The van der Waals surface area contributed by atoms with E-state index in [9.17, 15) is 11.0 Å². The number of aromatic nitrogens is 4. The second kappa shape index (κ2) is 19.1. The van der Waals surface area contributed by atoms with Crippen molar-refractivity contribution in [1.82, 2.24) is 14.1 Å². The molecule has 3 aromatic heterocycles. The van der Waals surface area contributed by atoms with Crippen LogP contribution in [0.1, 0.15) is 102 Å². The smallest absolute Gasteiger partial charge is 0.268 e. The minimum Gasteiger partial charge on any atom is -0.510 e. The Hall–Kier alpha value is -8.11. The number of nitrogens with zero attached hydrogens (tertiary/aromatic N) is 4. The third-order valence-corrected chi connectivity index (χ3v) is 14.4. The van der Waals surface area contributed by atoms with Crippen molar-refractivity contribution in [2.24, 2.45) is 0 Å². The Morgan fingerprint density at radius 2 is 1.14 bits per heavy atom. The van der Waals surface area contributed by atoms with E-state index in [1.807, 2.05) is 67.8 Å². The zero-order valence-electron chi connectivity index (χ0n) is 63.2. The van der Waals surface area contributed by atoms with E-state index in [4.69, 9.17) is 26.2 Å². The fourth-order valence-corrected chi connectivity index (χ4v) is 10.6. The van der Waals surface area contributed by atoms with Crippen molar-refractivity contribution in [1.29, 1.82) is 0 Å². The molecule has 9 aromatic carbocycles. The van der Waals surface area contributed by atoms with Crippen LogP contribution in [-0.4, -0.2) is 14.1 Å². The normalized spacial score (nSPS) is 16.5. The van der Waals surface area contributed by atoms with Crippen LogP contribution in [-0.2, 0) is 31.9 Å². The third kappa shape index (κ3) is 8.42. The number of para-hydroxylation sites is 1. The van der Waals surface area contributed by atoms with Crippen molar-refractivity contribution in [2.45, 2.75) is 79.8 Å². The summed E-state index contributed by atoms with van der Waals surface area (Å²) in [7, 11) is 0. The first-order valence-corrected chi connectivity index (χ1v) is 25.1. The number of hydrogen-bond donors (Lipinski definition) is 0. The van der Waals surface area contributed by atoms with Crippen LogP contribution >= 0.6 is 0 Å². The van der Waals surface area contributed by atoms with Gasteiger partial charge in [0.15, 0.2) is 0 Å². The summed E-state index contributed by atoms with van der Waals surface area (Å²) in [4.78, 5) is 4.82. The molecule has 0 spiro atoms. The molecule has 13 rings (SSSR count). The van der Waals surface area contributed by atoms with E-state index in [2.05, 4.69) is 39.2 Å². The van der Waals surface area contributed by atoms with E-state index in [-0.39, 0.29) is 105 Å². The summed E-state index contributed by atoms with van der Waals surface area (Å²) in [5.41, 5.74) is -2.55. The van der Waals surface area contributed by atoms with Gasteiger partial charge in [-0.25, -0.2) is 4.98 Å². The number of rotatable bonds is 6. The number of imidazole rings is 1. The van der Waals surface area contributed by atoms with E-state index >= 15 is 0 Å². The third-order valence-electron chi connectivity index (χ3n) is 14.4. The molecule has 4 heterocycles. The zero-order chi connectivity index (χ0) is 70.0. The van der Waals surface area contributed by atoms with Gasteiger partial charge in [0.25, 0.3) is 6.33 Å². The van der Waals surface area contributed by atoms with Gasteiger partial charge in [0, 0.05) is 60.7 Å². The summed E-state index contributed by atoms with van der Waals surface area (Å²) in [5, 5.41) is 1.79. The number of hydrogen-bond acceptors (Lipinski definition) is 2. The van der Waals surface area contributed by atoms with Crippen molar-refractivity contribution >= 4 is 32.8 Å². The van der Waals surface area contributed by atoms with Gasteiger partial charge in [0.1, 0.15) is 5.82 Å². The summed E-state index contributed by atoms with van der Waals surface area (Å²) < 4.78 is 197. The molecule has 1 aliphatic heterocycles. The van der Waals surface area contributed by atoms with E-state index in [0.717, 1.165) is 21.9 Å². The van der Waals surface area contributed by atoms with Gasteiger partial charge in [-0.15, -0.1) is 29.7 Å². The molecule has 12 aromatic rings. The average molecular weight is 1210 g/mol. The molecule has 0 N–H and O–H groups in total. The second-order valence-electron chi connectivity index (χ2n) is 21.4. The van der Waals surface area contributed by atoms with Crippen molar-refractivity contribution in [3.8, 4) is 84.3 Å². The molecule has 0 saturated heterocycles. The molecule has 0 fully saturated rings. The quantitative estimate of drug-likeness (QED) is 0.123. The molecule has 1 aliphatic rings. The summed E-state index contributed by atoms with van der Waals surface area (Å²) >= 11 is 0. The van der Waals surface area contributed by atoms with Crippen LogP contribution in [0.3, 0.4) is 0 Å². The zero-order valence-corrected chi connectivity index (χ0v) is 45.5. The Morgan fingerprint density at radius 1 is 0.538 bits per heavy atom. The van der Waals surface area contributed by atoms with Gasteiger partial charge in [-0.3, -0.25) is 4.57 Å². The molecule has 386 valence electrons. The van der Waals surface area contributed by atoms with E-state index in [1.165, 1.54) is 57.7 Å². The van der Waals surface area contributed by atoms with Crippen LogP contribution < -0.4 is 9.30 Å². The van der Waals surface area contributed by atoms with Crippen molar-refractivity contribution in [3.63, 3.8) is 0 Å². The van der Waals surface area contributed by atoms with E-state index in [0.29, 0.717) is 16.9 Å². The standard InChI is InChI=1S/C72H60N4O.Pt/c1-44-20-17-21-45(2)67(44)48-36-60-56-28-13-11-26-54(56)55-27-12-14-29-57(55)61-38-50(72(8,9)10)39-62(68-46(3)22-18-23-47(68)4)69(61)75-43-74(65(37-48)70(60)75)51-24-19-25-52(41-51)77-53-32-33-59-58-30-15-16-31-63(58)76(64(59)42-53)66-40-49(34-35-73-66)71(5,6)7;/h11-40H,1-10H3;/q-2;/i1D3,2D3,3D3,4D3,11D,12D,13D,14D,26D,27D,28D,29D;. The molecule has 0 saturated carbocycles. The maximum Gasteiger partial charge on any atom is 0.268 e. The second-order valence-corrected chi connectivity index (χ2v) is 21.4.